The molecule has 0 radical (unpaired) electrons. The minimum absolute atomic E-state index is 0.315. The molecule has 2 aromatic heterocycles. The van der Waals surface area contributed by atoms with Crippen molar-refractivity contribution in [3.8, 4) is 6.07 Å². The highest BCUT2D eigenvalue weighted by Gasteiger charge is 2.08. The molecule has 0 aliphatic carbocycles. The maximum Gasteiger partial charge on any atom is 0.195 e. The molecule has 0 atom stereocenters. The fourth-order valence-electron chi connectivity index (χ4n) is 1.82. The molecular formula is C14H9FN4S. The van der Waals surface area contributed by atoms with Crippen LogP contribution in [-0.2, 0) is 5.75 Å². The maximum absolute atomic E-state index is 13.7. The number of hydrogen-bond donors (Lipinski definition) is 0. The SMILES string of the molecule is N#Cc1ccc(F)c(CSc2nnc3ccccn23)c1. The first kappa shape index (κ1) is 12.6. The Kier molecular flexibility index (Phi) is 3.35. The molecule has 2 heterocycles. The smallest absolute Gasteiger partial charge is 0.195 e. The van der Waals surface area contributed by atoms with E-state index in [1.807, 2.05) is 34.9 Å². The predicted molar refractivity (Wildman–Crippen MR) is 73.7 cm³/mol. The molecule has 98 valence electrons. The number of rotatable bonds is 3. The van der Waals surface area contributed by atoms with Gasteiger partial charge in [-0.15, -0.1) is 10.2 Å². The topological polar surface area (TPSA) is 54.0 Å². The van der Waals surface area contributed by atoms with Gasteiger partial charge in [-0.2, -0.15) is 5.26 Å². The molecule has 1 aromatic carbocycles. The van der Waals surface area contributed by atoms with E-state index >= 15 is 0 Å². The molecule has 0 saturated carbocycles. The molecule has 0 aliphatic rings. The van der Waals surface area contributed by atoms with Crippen LogP contribution in [0.25, 0.3) is 5.65 Å². The Bertz CT molecular complexity index is 806. The average molecular weight is 284 g/mol. The van der Waals surface area contributed by atoms with Gasteiger partial charge >= 0.3 is 0 Å². The average Bonchev–Trinajstić information content (AvgIpc) is 2.90. The van der Waals surface area contributed by atoms with E-state index in [0.29, 0.717) is 22.0 Å². The van der Waals surface area contributed by atoms with E-state index in [-0.39, 0.29) is 5.82 Å². The number of halogens is 1. The van der Waals surface area contributed by atoms with E-state index in [1.54, 1.807) is 6.07 Å². The largest absolute Gasteiger partial charge is 0.277 e. The Morgan fingerprint density at radius 2 is 2.15 bits per heavy atom. The summed E-state index contributed by atoms with van der Waals surface area (Å²) < 4.78 is 15.5. The van der Waals surface area contributed by atoms with Gasteiger partial charge in [0, 0.05) is 11.9 Å². The lowest BCUT2D eigenvalue weighted by molar-refractivity contribution is 0.617. The fourth-order valence-corrected chi connectivity index (χ4v) is 2.71. The van der Waals surface area contributed by atoms with Gasteiger partial charge in [-0.25, -0.2) is 4.39 Å². The number of fused-ring (bicyclic) bond motifs is 1. The lowest BCUT2D eigenvalue weighted by Gasteiger charge is -2.03. The first-order chi connectivity index (χ1) is 9.78. The highest BCUT2D eigenvalue weighted by Crippen LogP contribution is 2.23. The van der Waals surface area contributed by atoms with Crippen molar-refractivity contribution in [2.75, 3.05) is 0 Å². The van der Waals surface area contributed by atoms with Crippen molar-refractivity contribution in [1.29, 1.82) is 5.26 Å². The number of thioether (sulfide) groups is 1. The third-order valence-electron chi connectivity index (χ3n) is 2.81. The summed E-state index contributed by atoms with van der Waals surface area (Å²) in [5.41, 5.74) is 1.69. The van der Waals surface area contributed by atoms with Crippen LogP contribution in [0.2, 0.25) is 0 Å². The molecule has 0 saturated heterocycles. The van der Waals surface area contributed by atoms with Crippen molar-refractivity contribution >= 4 is 17.4 Å². The van der Waals surface area contributed by atoms with Gasteiger partial charge in [-0.05, 0) is 35.9 Å². The second-order valence-corrected chi connectivity index (χ2v) is 5.06. The summed E-state index contributed by atoms with van der Waals surface area (Å²) in [6, 6.07) is 12.0. The molecule has 3 aromatic rings. The summed E-state index contributed by atoms with van der Waals surface area (Å²) in [6.45, 7) is 0. The Labute approximate surface area is 118 Å². The van der Waals surface area contributed by atoms with E-state index < -0.39 is 0 Å². The first-order valence-corrected chi connectivity index (χ1v) is 6.87. The van der Waals surface area contributed by atoms with Crippen LogP contribution < -0.4 is 0 Å². The van der Waals surface area contributed by atoms with Crippen LogP contribution in [0.1, 0.15) is 11.1 Å². The molecule has 0 fully saturated rings. The maximum atomic E-state index is 13.7. The first-order valence-electron chi connectivity index (χ1n) is 5.89. The van der Waals surface area contributed by atoms with Crippen molar-refractivity contribution < 1.29 is 4.39 Å². The summed E-state index contributed by atoms with van der Waals surface area (Å²) >= 11 is 1.38. The summed E-state index contributed by atoms with van der Waals surface area (Å²) in [6.07, 6.45) is 1.86. The molecule has 0 spiro atoms. The van der Waals surface area contributed by atoms with Crippen LogP contribution in [0.5, 0.6) is 0 Å². The van der Waals surface area contributed by atoms with Gasteiger partial charge < -0.3 is 0 Å². The monoisotopic (exact) mass is 284 g/mol. The van der Waals surface area contributed by atoms with Crippen LogP contribution in [0, 0.1) is 17.1 Å². The van der Waals surface area contributed by atoms with E-state index in [0.717, 1.165) is 5.65 Å². The molecule has 6 heteroatoms. The minimum Gasteiger partial charge on any atom is -0.277 e. The van der Waals surface area contributed by atoms with Gasteiger partial charge in [0.15, 0.2) is 10.8 Å². The molecule has 20 heavy (non-hydrogen) atoms. The van der Waals surface area contributed by atoms with E-state index in [4.69, 9.17) is 5.26 Å². The molecule has 0 aliphatic heterocycles. The van der Waals surface area contributed by atoms with Crippen LogP contribution in [-0.4, -0.2) is 14.6 Å². The van der Waals surface area contributed by atoms with Gasteiger partial charge in [-0.1, -0.05) is 17.8 Å². The normalized spacial score (nSPS) is 10.6. The number of benzene rings is 1. The Morgan fingerprint density at radius 3 is 3.00 bits per heavy atom. The minimum atomic E-state index is -0.315. The Morgan fingerprint density at radius 1 is 1.25 bits per heavy atom. The number of aromatic nitrogens is 3. The second kappa shape index (κ2) is 5.31. The molecule has 0 bridgehead atoms. The highest BCUT2D eigenvalue weighted by atomic mass is 32.2. The summed E-state index contributed by atoms with van der Waals surface area (Å²) in [5, 5.41) is 17.6. The standard InChI is InChI=1S/C14H9FN4S/c15-12-5-4-10(8-16)7-11(12)9-20-14-18-17-13-3-1-2-6-19(13)14/h1-7H,9H2. The molecule has 0 unspecified atom stereocenters. The number of nitrogens with zero attached hydrogens (tertiary/aromatic N) is 4. The van der Waals surface area contributed by atoms with Crippen LogP contribution >= 0.6 is 11.8 Å². The highest BCUT2D eigenvalue weighted by molar-refractivity contribution is 7.98. The molecule has 0 N–H and O–H groups in total. The van der Waals surface area contributed by atoms with Gasteiger partial charge in [-0.3, -0.25) is 4.40 Å². The predicted octanol–water partition coefficient (Wildman–Crippen LogP) is 3.03. The molecular weight excluding hydrogens is 275 g/mol. The van der Waals surface area contributed by atoms with Gasteiger partial charge in [0.05, 0.1) is 11.6 Å². The Balaban J connectivity index is 1.85. The van der Waals surface area contributed by atoms with Crippen LogP contribution in [0.15, 0.2) is 47.8 Å². The Hall–Kier alpha value is -2.39. The quantitative estimate of drug-likeness (QED) is 0.694. The van der Waals surface area contributed by atoms with Crippen molar-refractivity contribution in [1.82, 2.24) is 14.6 Å². The third kappa shape index (κ3) is 2.36. The van der Waals surface area contributed by atoms with Crippen LogP contribution in [0.4, 0.5) is 4.39 Å². The third-order valence-corrected chi connectivity index (χ3v) is 3.81. The number of hydrogen-bond acceptors (Lipinski definition) is 4. The second-order valence-electron chi connectivity index (χ2n) is 4.12. The fraction of sp³-hybridized carbons (Fsp3) is 0.0714. The summed E-state index contributed by atoms with van der Waals surface area (Å²) in [7, 11) is 0. The van der Waals surface area contributed by atoms with Gasteiger partial charge in [0.2, 0.25) is 0 Å². The lowest BCUT2D eigenvalue weighted by Crippen LogP contribution is -1.91. The van der Waals surface area contributed by atoms with Gasteiger partial charge in [0.1, 0.15) is 5.82 Å². The zero-order chi connectivity index (χ0) is 13.9. The number of nitriles is 1. The van der Waals surface area contributed by atoms with Crippen molar-refractivity contribution in [3.05, 3.63) is 59.5 Å². The van der Waals surface area contributed by atoms with Gasteiger partial charge in [0.25, 0.3) is 0 Å². The van der Waals surface area contributed by atoms with E-state index in [2.05, 4.69) is 10.2 Å². The zero-order valence-electron chi connectivity index (χ0n) is 10.3. The van der Waals surface area contributed by atoms with Crippen molar-refractivity contribution in [3.63, 3.8) is 0 Å². The number of pyridine rings is 1. The molecule has 3 rings (SSSR count). The molecule has 4 nitrogen and oxygen atoms in total. The zero-order valence-corrected chi connectivity index (χ0v) is 11.1. The van der Waals surface area contributed by atoms with E-state index in [9.17, 15) is 4.39 Å². The molecule has 0 amide bonds. The van der Waals surface area contributed by atoms with E-state index in [1.165, 1.54) is 23.9 Å². The summed E-state index contributed by atoms with van der Waals surface area (Å²) in [4.78, 5) is 0. The lowest BCUT2D eigenvalue weighted by atomic mass is 10.1. The van der Waals surface area contributed by atoms with Crippen LogP contribution in [0.3, 0.4) is 0 Å². The van der Waals surface area contributed by atoms with Crippen molar-refractivity contribution in [2.24, 2.45) is 0 Å². The van der Waals surface area contributed by atoms with Crippen molar-refractivity contribution in [2.45, 2.75) is 10.9 Å². The summed E-state index contributed by atoms with van der Waals surface area (Å²) in [5.74, 6) is 0.0853.